The Morgan fingerprint density at radius 2 is 2.24 bits per heavy atom. The predicted octanol–water partition coefficient (Wildman–Crippen LogP) is 3.31. The minimum Gasteiger partial charge on any atom is -0.481 e. The normalized spacial score (nSPS) is 14.3. The van der Waals surface area contributed by atoms with E-state index in [2.05, 4.69) is 14.9 Å². The van der Waals surface area contributed by atoms with Crippen LogP contribution >= 0.6 is 11.3 Å². The van der Waals surface area contributed by atoms with Crippen LogP contribution in [0, 0.1) is 5.82 Å². The lowest BCUT2D eigenvalue weighted by Gasteiger charge is -2.28. The molecular weight excluding hydrogens is 339 g/mol. The summed E-state index contributed by atoms with van der Waals surface area (Å²) in [6.07, 6.45) is 3.93. The molecule has 0 amide bonds. The Hall–Kier alpha value is -2.38. The van der Waals surface area contributed by atoms with Gasteiger partial charge in [-0.1, -0.05) is 6.07 Å². The third kappa shape index (κ3) is 3.38. The Labute approximate surface area is 149 Å². The van der Waals surface area contributed by atoms with Crippen LogP contribution in [0.15, 0.2) is 36.0 Å². The molecule has 7 heteroatoms. The molecule has 0 saturated carbocycles. The lowest BCUT2D eigenvalue weighted by molar-refractivity contribution is 0.237. The van der Waals surface area contributed by atoms with Crippen molar-refractivity contribution in [2.45, 2.75) is 19.5 Å². The van der Waals surface area contributed by atoms with E-state index in [1.165, 1.54) is 12.3 Å². The van der Waals surface area contributed by atoms with Gasteiger partial charge in [-0.3, -0.25) is 4.90 Å². The molecule has 4 rings (SSSR count). The summed E-state index contributed by atoms with van der Waals surface area (Å²) in [5, 5.41) is 2.03. The molecule has 128 valence electrons. The summed E-state index contributed by atoms with van der Waals surface area (Å²) in [6.45, 7) is 2.17. The van der Waals surface area contributed by atoms with Crippen LogP contribution in [0.25, 0.3) is 10.7 Å². The Bertz CT molecular complexity index is 885. The van der Waals surface area contributed by atoms with E-state index in [1.54, 1.807) is 18.4 Å². The molecule has 0 N–H and O–H groups in total. The van der Waals surface area contributed by atoms with Crippen molar-refractivity contribution in [3.05, 3.63) is 58.6 Å². The molecule has 0 fully saturated rings. The van der Waals surface area contributed by atoms with Crippen LogP contribution in [0.5, 0.6) is 5.88 Å². The first-order chi connectivity index (χ1) is 12.2. The van der Waals surface area contributed by atoms with Crippen LogP contribution in [0.3, 0.4) is 0 Å². The van der Waals surface area contributed by atoms with Gasteiger partial charge in [-0.05, 0) is 17.5 Å². The van der Waals surface area contributed by atoms with Crippen molar-refractivity contribution in [3.63, 3.8) is 0 Å². The first-order valence-electron chi connectivity index (χ1n) is 8.02. The summed E-state index contributed by atoms with van der Waals surface area (Å²) in [7, 11) is 1.55. The van der Waals surface area contributed by atoms with Gasteiger partial charge in [0.15, 0.2) is 5.82 Å². The van der Waals surface area contributed by atoms with Crippen LogP contribution < -0.4 is 4.74 Å². The standard InChI is InChI=1S/C18H17FN4OS/c1-24-18-12(7-14(19)9-21-18)10-23-5-4-15-13(11-23)8-20-17(22-15)16-3-2-6-25-16/h2-3,6-9H,4-5,10-11H2,1H3. The SMILES string of the molecule is COc1ncc(F)cc1CN1CCc2nc(-c3cccs3)ncc2C1. The number of ether oxygens (including phenoxy) is 1. The van der Waals surface area contributed by atoms with Crippen molar-refractivity contribution in [1.82, 2.24) is 19.9 Å². The zero-order valence-electron chi connectivity index (χ0n) is 13.8. The van der Waals surface area contributed by atoms with Gasteiger partial charge in [-0.2, -0.15) is 0 Å². The molecule has 4 heterocycles. The molecule has 0 aromatic carbocycles. The third-order valence-electron chi connectivity index (χ3n) is 4.23. The molecule has 5 nitrogen and oxygen atoms in total. The lowest BCUT2D eigenvalue weighted by Crippen LogP contribution is -2.31. The molecule has 1 aliphatic heterocycles. The second-order valence-electron chi connectivity index (χ2n) is 5.93. The maximum atomic E-state index is 13.5. The van der Waals surface area contributed by atoms with E-state index in [4.69, 9.17) is 9.72 Å². The van der Waals surface area contributed by atoms with Crippen molar-refractivity contribution in [1.29, 1.82) is 0 Å². The molecule has 0 unspecified atom stereocenters. The van der Waals surface area contributed by atoms with Gasteiger partial charge in [0, 0.05) is 43.4 Å². The zero-order valence-corrected chi connectivity index (χ0v) is 14.6. The van der Waals surface area contributed by atoms with Crippen molar-refractivity contribution in [2.24, 2.45) is 0 Å². The van der Waals surface area contributed by atoms with Crippen molar-refractivity contribution in [2.75, 3.05) is 13.7 Å². The number of nitrogens with zero attached hydrogens (tertiary/aromatic N) is 4. The number of halogens is 1. The second kappa shape index (κ2) is 6.85. The molecule has 0 aliphatic carbocycles. The van der Waals surface area contributed by atoms with Crippen LogP contribution in [-0.4, -0.2) is 33.5 Å². The molecular formula is C18H17FN4OS. The van der Waals surface area contributed by atoms with Gasteiger partial charge in [0.2, 0.25) is 5.88 Å². The quantitative estimate of drug-likeness (QED) is 0.718. The Kier molecular flexibility index (Phi) is 4.42. The monoisotopic (exact) mass is 356 g/mol. The molecule has 3 aromatic rings. The van der Waals surface area contributed by atoms with Crippen molar-refractivity contribution >= 4 is 11.3 Å². The minimum atomic E-state index is -0.350. The highest BCUT2D eigenvalue weighted by atomic mass is 32.1. The van der Waals surface area contributed by atoms with Gasteiger partial charge in [-0.15, -0.1) is 11.3 Å². The third-order valence-corrected chi connectivity index (χ3v) is 5.10. The number of fused-ring (bicyclic) bond motifs is 1. The average molecular weight is 356 g/mol. The van der Waals surface area contributed by atoms with Crippen LogP contribution in [0.2, 0.25) is 0 Å². The van der Waals surface area contributed by atoms with Gasteiger partial charge >= 0.3 is 0 Å². The number of pyridine rings is 1. The zero-order chi connectivity index (χ0) is 17.2. The number of hydrogen-bond acceptors (Lipinski definition) is 6. The van der Waals surface area contributed by atoms with E-state index in [9.17, 15) is 4.39 Å². The van der Waals surface area contributed by atoms with Gasteiger partial charge < -0.3 is 4.74 Å². The number of rotatable bonds is 4. The smallest absolute Gasteiger partial charge is 0.217 e. The van der Waals surface area contributed by atoms with Gasteiger partial charge in [0.25, 0.3) is 0 Å². The summed E-state index contributed by atoms with van der Waals surface area (Å²) in [4.78, 5) is 16.5. The first kappa shape index (κ1) is 16.1. The van der Waals surface area contributed by atoms with Gasteiger partial charge in [0.05, 0.1) is 23.9 Å². The van der Waals surface area contributed by atoms with Gasteiger partial charge in [0.1, 0.15) is 5.82 Å². The molecule has 0 saturated heterocycles. The van der Waals surface area contributed by atoms with E-state index >= 15 is 0 Å². The second-order valence-corrected chi connectivity index (χ2v) is 6.87. The number of thiophene rings is 1. The highest BCUT2D eigenvalue weighted by Crippen LogP contribution is 2.26. The maximum absolute atomic E-state index is 13.5. The number of hydrogen-bond donors (Lipinski definition) is 0. The van der Waals surface area contributed by atoms with Gasteiger partial charge in [-0.25, -0.2) is 19.3 Å². The van der Waals surface area contributed by atoms with E-state index in [0.29, 0.717) is 12.4 Å². The first-order valence-corrected chi connectivity index (χ1v) is 8.90. The van der Waals surface area contributed by atoms with E-state index in [0.717, 1.165) is 47.0 Å². The fourth-order valence-electron chi connectivity index (χ4n) is 3.04. The average Bonchev–Trinajstić information content (AvgIpc) is 3.16. The molecule has 0 bridgehead atoms. The highest BCUT2D eigenvalue weighted by molar-refractivity contribution is 7.13. The van der Waals surface area contributed by atoms with E-state index < -0.39 is 0 Å². The molecule has 25 heavy (non-hydrogen) atoms. The van der Waals surface area contributed by atoms with E-state index in [1.807, 2.05) is 23.7 Å². The molecule has 1 aliphatic rings. The van der Waals surface area contributed by atoms with Crippen molar-refractivity contribution in [3.8, 4) is 16.6 Å². The van der Waals surface area contributed by atoms with Crippen LogP contribution in [0.4, 0.5) is 4.39 Å². The Balaban J connectivity index is 1.53. The number of aromatic nitrogens is 3. The number of methoxy groups -OCH3 is 1. The summed E-state index contributed by atoms with van der Waals surface area (Å²) in [6, 6.07) is 5.52. The molecule has 0 spiro atoms. The molecule has 0 radical (unpaired) electrons. The van der Waals surface area contributed by atoms with E-state index in [-0.39, 0.29) is 5.82 Å². The topological polar surface area (TPSA) is 51.1 Å². The summed E-state index contributed by atoms with van der Waals surface area (Å²) in [5.74, 6) is 0.909. The van der Waals surface area contributed by atoms with Crippen LogP contribution in [-0.2, 0) is 19.5 Å². The predicted molar refractivity (Wildman–Crippen MR) is 93.9 cm³/mol. The largest absolute Gasteiger partial charge is 0.481 e. The van der Waals surface area contributed by atoms with Crippen molar-refractivity contribution < 1.29 is 9.13 Å². The Morgan fingerprint density at radius 1 is 1.32 bits per heavy atom. The summed E-state index contributed by atoms with van der Waals surface area (Å²) < 4.78 is 18.7. The minimum absolute atomic E-state index is 0.350. The van der Waals surface area contributed by atoms with Crippen LogP contribution in [0.1, 0.15) is 16.8 Å². The Morgan fingerprint density at radius 3 is 3.04 bits per heavy atom. The lowest BCUT2D eigenvalue weighted by atomic mass is 10.1. The molecule has 3 aromatic heterocycles. The maximum Gasteiger partial charge on any atom is 0.217 e. The molecule has 0 atom stereocenters. The fraction of sp³-hybridized carbons (Fsp3) is 0.278. The highest BCUT2D eigenvalue weighted by Gasteiger charge is 2.20. The summed E-state index contributed by atoms with van der Waals surface area (Å²) in [5.41, 5.74) is 2.97. The summed E-state index contributed by atoms with van der Waals surface area (Å²) >= 11 is 1.64. The fourth-order valence-corrected chi connectivity index (χ4v) is 3.71.